The van der Waals surface area contributed by atoms with Crippen molar-refractivity contribution in [1.82, 2.24) is 10.2 Å². The van der Waals surface area contributed by atoms with Crippen LogP contribution in [0, 0.1) is 0 Å². The van der Waals surface area contributed by atoms with Gasteiger partial charge in [0.2, 0.25) is 5.91 Å². The van der Waals surface area contributed by atoms with E-state index in [2.05, 4.69) is 10.2 Å². The third-order valence-corrected chi connectivity index (χ3v) is 3.62. The fourth-order valence-electron chi connectivity index (χ4n) is 2.57. The molecule has 1 aromatic rings. The summed E-state index contributed by atoms with van der Waals surface area (Å²) < 4.78 is 5.66. The predicted molar refractivity (Wildman–Crippen MR) is 78.1 cm³/mol. The molecule has 0 bridgehead atoms. The Morgan fingerprint density at radius 1 is 1.45 bits per heavy atom. The minimum Gasteiger partial charge on any atom is -0.375 e. The Balaban J connectivity index is 1.74. The van der Waals surface area contributed by atoms with Crippen LogP contribution in [-0.4, -0.2) is 49.6 Å². The highest BCUT2D eigenvalue weighted by molar-refractivity contribution is 5.81. The maximum Gasteiger partial charge on any atom is 0.237 e. The van der Waals surface area contributed by atoms with E-state index >= 15 is 0 Å². The molecule has 1 aliphatic heterocycles. The second kappa shape index (κ2) is 7.38. The van der Waals surface area contributed by atoms with Crippen LogP contribution in [0.3, 0.4) is 0 Å². The first-order chi connectivity index (χ1) is 9.70. The zero-order valence-corrected chi connectivity index (χ0v) is 11.9. The molecule has 0 radical (unpaired) electrons. The molecule has 2 rings (SSSR count). The summed E-state index contributed by atoms with van der Waals surface area (Å²) in [4.78, 5) is 13.9. The number of hydrogen-bond acceptors (Lipinski definition) is 4. The monoisotopic (exact) mass is 277 g/mol. The van der Waals surface area contributed by atoms with Crippen LogP contribution in [0.25, 0.3) is 0 Å². The SMILES string of the molecule is CNC(=O)[C@@H]1C[C@H](N)CN1CCOCc1ccccc1. The van der Waals surface area contributed by atoms with Crippen molar-refractivity contribution in [2.45, 2.75) is 25.1 Å². The van der Waals surface area contributed by atoms with Crippen LogP contribution in [0.2, 0.25) is 0 Å². The second-order valence-electron chi connectivity index (χ2n) is 5.16. The van der Waals surface area contributed by atoms with Gasteiger partial charge in [0.15, 0.2) is 0 Å². The molecule has 0 saturated carbocycles. The van der Waals surface area contributed by atoms with Gasteiger partial charge in [-0.25, -0.2) is 0 Å². The van der Waals surface area contributed by atoms with E-state index in [0.717, 1.165) is 25.1 Å². The van der Waals surface area contributed by atoms with E-state index in [4.69, 9.17) is 10.5 Å². The molecule has 3 N–H and O–H groups in total. The van der Waals surface area contributed by atoms with E-state index in [9.17, 15) is 4.79 Å². The van der Waals surface area contributed by atoms with Crippen molar-refractivity contribution in [3.05, 3.63) is 35.9 Å². The highest BCUT2D eigenvalue weighted by atomic mass is 16.5. The summed E-state index contributed by atoms with van der Waals surface area (Å²) in [5.74, 6) is 0.0426. The van der Waals surface area contributed by atoms with Gasteiger partial charge in [0.25, 0.3) is 0 Å². The normalized spacial score (nSPS) is 22.9. The minimum absolute atomic E-state index is 0.0426. The first-order valence-corrected chi connectivity index (χ1v) is 7.03. The van der Waals surface area contributed by atoms with Crippen LogP contribution in [0.1, 0.15) is 12.0 Å². The van der Waals surface area contributed by atoms with E-state index < -0.39 is 0 Å². The number of likely N-dealkylation sites (tertiary alicyclic amines) is 1. The number of amides is 1. The predicted octanol–water partition coefficient (Wildman–Crippen LogP) is 0.351. The van der Waals surface area contributed by atoms with Crippen LogP contribution in [0.5, 0.6) is 0 Å². The van der Waals surface area contributed by atoms with Gasteiger partial charge in [-0.1, -0.05) is 30.3 Å². The first kappa shape index (κ1) is 15.0. The fourth-order valence-corrected chi connectivity index (χ4v) is 2.57. The Bertz CT molecular complexity index is 424. The molecule has 1 aliphatic rings. The summed E-state index contributed by atoms with van der Waals surface area (Å²) in [6.45, 7) is 2.70. The summed E-state index contributed by atoms with van der Waals surface area (Å²) in [5.41, 5.74) is 7.10. The highest BCUT2D eigenvalue weighted by Gasteiger charge is 2.34. The van der Waals surface area contributed by atoms with Crippen molar-refractivity contribution in [1.29, 1.82) is 0 Å². The lowest BCUT2D eigenvalue weighted by Gasteiger charge is -2.22. The van der Waals surface area contributed by atoms with Crippen molar-refractivity contribution < 1.29 is 9.53 Å². The van der Waals surface area contributed by atoms with E-state index in [-0.39, 0.29) is 18.0 Å². The van der Waals surface area contributed by atoms with Crippen LogP contribution in [0.15, 0.2) is 30.3 Å². The molecule has 1 fully saturated rings. The number of carbonyl (C=O) groups excluding carboxylic acids is 1. The minimum atomic E-state index is -0.115. The van der Waals surface area contributed by atoms with Crippen LogP contribution >= 0.6 is 0 Å². The molecule has 1 amide bonds. The van der Waals surface area contributed by atoms with E-state index in [1.54, 1.807) is 7.05 Å². The van der Waals surface area contributed by atoms with E-state index in [1.165, 1.54) is 0 Å². The first-order valence-electron chi connectivity index (χ1n) is 7.03. The maximum absolute atomic E-state index is 11.8. The number of hydrogen-bond donors (Lipinski definition) is 2. The maximum atomic E-state index is 11.8. The summed E-state index contributed by atoms with van der Waals surface area (Å²) in [7, 11) is 1.66. The number of nitrogens with zero attached hydrogens (tertiary/aromatic N) is 1. The fraction of sp³-hybridized carbons (Fsp3) is 0.533. The van der Waals surface area contributed by atoms with E-state index in [1.807, 2.05) is 30.3 Å². The average molecular weight is 277 g/mol. The highest BCUT2D eigenvalue weighted by Crippen LogP contribution is 2.16. The Kier molecular flexibility index (Phi) is 5.52. The number of likely N-dealkylation sites (N-methyl/N-ethyl adjacent to an activating group) is 1. The lowest BCUT2D eigenvalue weighted by atomic mass is 10.1. The molecule has 0 unspecified atom stereocenters. The molecular formula is C15H23N3O2. The number of rotatable bonds is 6. The van der Waals surface area contributed by atoms with Crippen LogP contribution in [0.4, 0.5) is 0 Å². The summed E-state index contributed by atoms with van der Waals surface area (Å²) in [5, 5.41) is 2.70. The van der Waals surface area contributed by atoms with Gasteiger partial charge in [-0.05, 0) is 12.0 Å². The second-order valence-corrected chi connectivity index (χ2v) is 5.16. The lowest BCUT2D eigenvalue weighted by Crippen LogP contribution is -2.43. The molecule has 0 aromatic heterocycles. The van der Waals surface area contributed by atoms with Gasteiger partial charge in [-0.15, -0.1) is 0 Å². The van der Waals surface area contributed by atoms with Gasteiger partial charge < -0.3 is 15.8 Å². The standard InChI is InChI=1S/C15H23N3O2/c1-17-15(19)14-9-13(16)10-18(14)7-8-20-11-12-5-3-2-4-6-12/h2-6,13-14H,7-11,16H2,1H3,(H,17,19)/t13-,14-/m0/s1. The summed E-state index contributed by atoms with van der Waals surface area (Å²) in [6, 6.07) is 10.0. The number of benzene rings is 1. The lowest BCUT2D eigenvalue weighted by molar-refractivity contribution is -0.125. The van der Waals surface area contributed by atoms with Crippen LogP contribution in [-0.2, 0) is 16.1 Å². The smallest absolute Gasteiger partial charge is 0.237 e. The Morgan fingerprint density at radius 3 is 2.90 bits per heavy atom. The zero-order valence-electron chi connectivity index (χ0n) is 11.9. The molecule has 20 heavy (non-hydrogen) atoms. The third kappa shape index (κ3) is 4.03. The van der Waals surface area contributed by atoms with Gasteiger partial charge in [0.05, 0.1) is 19.3 Å². The number of ether oxygens (including phenoxy) is 1. The molecule has 2 atom stereocenters. The van der Waals surface area contributed by atoms with Gasteiger partial charge in [-0.2, -0.15) is 0 Å². The average Bonchev–Trinajstić information content (AvgIpc) is 2.85. The molecular weight excluding hydrogens is 254 g/mol. The van der Waals surface area contributed by atoms with Gasteiger partial charge in [-0.3, -0.25) is 9.69 Å². The summed E-state index contributed by atoms with van der Waals surface area (Å²) >= 11 is 0. The van der Waals surface area contributed by atoms with Crippen molar-refractivity contribution >= 4 is 5.91 Å². The largest absolute Gasteiger partial charge is 0.375 e. The molecule has 0 aliphatic carbocycles. The van der Waals surface area contributed by atoms with Gasteiger partial charge >= 0.3 is 0 Å². The molecule has 5 heteroatoms. The molecule has 110 valence electrons. The van der Waals surface area contributed by atoms with Gasteiger partial charge in [0.1, 0.15) is 0 Å². The molecule has 1 saturated heterocycles. The quantitative estimate of drug-likeness (QED) is 0.736. The van der Waals surface area contributed by atoms with Crippen LogP contribution < -0.4 is 11.1 Å². The Hall–Kier alpha value is -1.43. The Morgan fingerprint density at radius 2 is 2.20 bits per heavy atom. The van der Waals surface area contributed by atoms with Crippen molar-refractivity contribution in [3.8, 4) is 0 Å². The van der Waals surface area contributed by atoms with Crippen molar-refractivity contribution in [3.63, 3.8) is 0 Å². The third-order valence-electron chi connectivity index (χ3n) is 3.62. The van der Waals surface area contributed by atoms with Crippen molar-refractivity contribution in [2.75, 3.05) is 26.7 Å². The Labute approximate surface area is 120 Å². The summed E-state index contributed by atoms with van der Waals surface area (Å²) in [6.07, 6.45) is 0.721. The van der Waals surface area contributed by atoms with Gasteiger partial charge in [0, 0.05) is 26.2 Å². The van der Waals surface area contributed by atoms with Crippen molar-refractivity contribution in [2.24, 2.45) is 5.73 Å². The van der Waals surface area contributed by atoms with E-state index in [0.29, 0.717) is 13.2 Å². The molecule has 0 spiro atoms. The number of nitrogens with one attached hydrogen (secondary N) is 1. The molecule has 5 nitrogen and oxygen atoms in total. The number of nitrogens with two attached hydrogens (primary N) is 1. The number of carbonyl (C=O) groups is 1. The molecule has 1 aromatic carbocycles. The topological polar surface area (TPSA) is 67.6 Å². The zero-order chi connectivity index (χ0) is 14.4. The molecule has 1 heterocycles.